The van der Waals surface area contributed by atoms with Gasteiger partial charge in [-0.25, -0.2) is 14.8 Å². The Hall–Kier alpha value is -3.63. The van der Waals surface area contributed by atoms with Crippen LogP contribution in [0.3, 0.4) is 0 Å². The van der Waals surface area contributed by atoms with Crippen molar-refractivity contribution in [3.63, 3.8) is 0 Å². The predicted molar refractivity (Wildman–Crippen MR) is 133 cm³/mol. The highest BCUT2D eigenvalue weighted by molar-refractivity contribution is 5.75. The fourth-order valence-electron chi connectivity index (χ4n) is 4.44. The van der Waals surface area contributed by atoms with Gasteiger partial charge in [-0.3, -0.25) is 4.98 Å². The number of fused-ring (bicyclic) bond motifs is 7. The van der Waals surface area contributed by atoms with Crippen LogP contribution in [-0.2, 0) is 5.54 Å². The molecular weight excluding hydrogens is 485 g/mol. The largest absolute Gasteiger partial charge is 0.475 e. The zero-order valence-electron chi connectivity index (χ0n) is 21.1. The van der Waals surface area contributed by atoms with Gasteiger partial charge in [0.2, 0.25) is 5.65 Å². The van der Waals surface area contributed by atoms with Gasteiger partial charge in [0.1, 0.15) is 0 Å². The molecule has 11 heteroatoms. The summed E-state index contributed by atoms with van der Waals surface area (Å²) in [7, 11) is 0. The van der Waals surface area contributed by atoms with E-state index in [2.05, 4.69) is 15.3 Å². The monoisotopic (exact) mass is 516 g/mol. The van der Waals surface area contributed by atoms with E-state index in [4.69, 9.17) is 9.72 Å². The molecule has 2 amide bonds. The summed E-state index contributed by atoms with van der Waals surface area (Å²) in [6.07, 6.45) is 5.90. The molecule has 198 valence electrons. The molecule has 1 aliphatic rings. The smallest absolute Gasteiger partial charge is 0.389 e. The first-order chi connectivity index (χ1) is 17.6. The van der Waals surface area contributed by atoms with Crippen molar-refractivity contribution in [2.45, 2.75) is 64.2 Å². The van der Waals surface area contributed by atoms with Crippen molar-refractivity contribution in [3.8, 4) is 17.1 Å². The number of imidazole rings is 1. The summed E-state index contributed by atoms with van der Waals surface area (Å²) in [5, 5.41) is 2.82. The number of amides is 2. The van der Waals surface area contributed by atoms with Gasteiger partial charge in [-0.05, 0) is 52.2 Å². The van der Waals surface area contributed by atoms with E-state index in [0.717, 1.165) is 5.56 Å². The molecule has 4 rings (SSSR count). The number of nitrogens with zero attached hydrogens (tertiary/aromatic N) is 5. The van der Waals surface area contributed by atoms with Gasteiger partial charge in [-0.2, -0.15) is 13.2 Å². The Balaban J connectivity index is 1.74. The highest BCUT2D eigenvalue weighted by Gasteiger charge is 2.35. The Morgan fingerprint density at radius 1 is 1.22 bits per heavy atom. The summed E-state index contributed by atoms with van der Waals surface area (Å²) in [4.78, 5) is 28.5. The van der Waals surface area contributed by atoms with E-state index >= 15 is 0 Å². The van der Waals surface area contributed by atoms with E-state index in [9.17, 15) is 18.0 Å². The fourth-order valence-corrected chi connectivity index (χ4v) is 4.44. The van der Waals surface area contributed by atoms with Crippen LogP contribution in [0, 0.1) is 0 Å². The number of rotatable bonds is 3. The average molecular weight is 517 g/mol. The Morgan fingerprint density at radius 2 is 2.03 bits per heavy atom. The molecule has 3 aromatic heterocycles. The van der Waals surface area contributed by atoms with Crippen LogP contribution in [0.4, 0.5) is 18.0 Å². The fraction of sp³-hybridized carbons (Fsp3) is 0.462. The first-order valence-corrected chi connectivity index (χ1v) is 12.3. The van der Waals surface area contributed by atoms with E-state index in [1.807, 2.05) is 55.8 Å². The molecule has 0 spiro atoms. The number of halogens is 3. The van der Waals surface area contributed by atoms with Crippen molar-refractivity contribution in [2.75, 3.05) is 13.2 Å². The minimum Gasteiger partial charge on any atom is -0.475 e. The lowest BCUT2D eigenvalue weighted by atomic mass is 9.95. The summed E-state index contributed by atoms with van der Waals surface area (Å²) >= 11 is 0. The van der Waals surface area contributed by atoms with Gasteiger partial charge in [0.15, 0.2) is 0 Å². The standard InChI is InChI=1S/C26H31F3N6O2/c1-4-35-24(36)32-19(9-11-26(27,28)29)8-6-5-7-15-37-23-22-31-13-14-34(22)17-20(33-23)18-10-12-30-21(16-18)25(35,2)3/h5-6,10,12-14,16-17,19H,4,7-9,11,15H2,1-3H3,(H,32,36)/b6-5+/t19-/m1/s1. The number of nitrogens with one attached hydrogen (secondary N) is 1. The minimum atomic E-state index is -4.30. The maximum atomic E-state index is 13.3. The number of pyridine rings is 1. The lowest BCUT2D eigenvalue weighted by Gasteiger charge is -2.38. The number of urea groups is 1. The highest BCUT2D eigenvalue weighted by Crippen LogP contribution is 2.31. The molecule has 1 aliphatic heterocycles. The number of hydrogen-bond donors (Lipinski definition) is 1. The molecule has 1 N–H and O–H groups in total. The lowest BCUT2D eigenvalue weighted by molar-refractivity contribution is -0.136. The molecule has 0 aliphatic carbocycles. The third-order valence-corrected chi connectivity index (χ3v) is 6.48. The van der Waals surface area contributed by atoms with Gasteiger partial charge in [0.25, 0.3) is 5.88 Å². The Labute approximate surface area is 213 Å². The quantitative estimate of drug-likeness (QED) is 0.465. The molecule has 0 saturated carbocycles. The number of alkyl halides is 3. The van der Waals surface area contributed by atoms with Crippen molar-refractivity contribution in [1.29, 1.82) is 0 Å². The zero-order chi connectivity index (χ0) is 26.6. The van der Waals surface area contributed by atoms with E-state index in [0.29, 0.717) is 42.5 Å². The van der Waals surface area contributed by atoms with Gasteiger partial charge in [0.05, 0.1) is 23.5 Å². The number of hydrogen-bond acceptors (Lipinski definition) is 5. The Morgan fingerprint density at radius 3 is 2.78 bits per heavy atom. The molecule has 0 fully saturated rings. The zero-order valence-corrected chi connectivity index (χ0v) is 21.1. The molecule has 37 heavy (non-hydrogen) atoms. The molecule has 0 saturated heterocycles. The third kappa shape index (κ3) is 6.20. The van der Waals surface area contributed by atoms with Crippen molar-refractivity contribution in [1.82, 2.24) is 29.6 Å². The maximum Gasteiger partial charge on any atom is 0.389 e. The molecule has 3 aromatic rings. The van der Waals surface area contributed by atoms with E-state index in [-0.39, 0.29) is 12.8 Å². The van der Waals surface area contributed by atoms with Gasteiger partial charge in [0, 0.05) is 49.4 Å². The number of ether oxygens (including phenoxy) is 1. The van der Waals surface area contributed by atoms with Crippen LogP contribution >= 0.6 is 0 Å². The van der Waals surface area contributed by atoms with Crippen LogP contribution in [0.1, 0.15) is 52.1 Å². The second-order valence-corrected chi connectivity index (χ2v) is 9.47. The van der Waals surface area contributed by atoms with E-state index < -0.39 is 30.2 Å². The lowest BCUT2D eigenvalue weighted by Crippen LogP contribution is -2.52. The van der Waals surface area contributed by atoms with Crippen molar-refractivity contribution < 1.29 is 22.7 Å². The van der Waals surface area contributed by atoms with Crippen LogP contribution < -0.4 is 10.1 Å². The van der Waals surface area contributed by atoms with Crippen LogP contribution in [0.2, 0.25) is 0 Å². The molecule has 0 radical (unpaired) electrons. The first kappa shape index (κ1) is 26.4. The van der Waals surface area contributed by atoms with Crippen LogP contribution in [-0.4, -0.2) is 55.7 Å². The molecule has 4 bridgehead atoms. The molecule has 0 aromatic carbocycles. The van der Waals surface area contributed by atoms with E-state index in [1.54, 1.807) is 23.4 Å². The van der Waals surface area contributed by atoms with Crippen LogP contribution in [0.15, 0.2) is 49.1 Å². The highest BCUT2D eigenvalue weighted by atomic mass is 19.4. The van der Waals surface area contributed by atoms with Gasteiger partial charge in [-0.1, -0.05) is 12.2 Å². The summed E-state index contributed by atoms with van der Waals surface area (Å²) in [5.74, 6) is 0.382. The first-order valence-electron chi connectivity index (χ1n) is 12.3. The summed E-state index contributed by atoms with van der Waals surface area (Å²) in [6, 6.07) is 2.58. The average Bonchev–Trinajstić information content (AvgIpc) is 3.32. The molecule has 1 atom stereocenters. The number of carbonyl (C=O) groups is 1. The summed E-state index contributed by atoms with van der Waals surface area (Å²) in [6.45, 7) is 6.21. The molecule has 8 nitrogen and oxygen atoms in total. The molecular formula is C26H31F3N6O2. The normalized spacial score (nSPS) is 19.7. The number of carbonyl (C=O) groups excluding carboxylic acids is 1. The minimum absolute atomic E-state index is 0.213. The van der Waals surface area contributed by atoms with Gasteiger partial charge in [-0.15, -0.1) is 0 Å². The van der Waals surface area contributed by atoms with Crippen molar-refractivity contribution in [3.05, 3.63) is 54.8 Å². The molecule has 0 unspecified atom stereocenters. The van der Waals surface area contributed by atoms with Crippen LogP contribution in [0.25, 0.3) is 16.9 Å². The Kier molecular flexibility index (Phi) is 7.70. The van der Waals surface area contributed by atoms with Gasteiger partial charge < -0.3 is 19.4 Å². The maximum absolute atomic E-state index is 13.3. The van der Waals surface area contributed by atoms with Crippen molar-refractivity contribution in [2.24, 2.45) is 0 Å². The molecule has 4 heterocycles. The Bertz CT molecular complexity index is 1270. The van der Waals surface area contributed by atoms with Crippen molar-refractivity contribution >= 4 is 11.7 Å². The van der Waals surface area contributed by atoms with Crippen LogP contribution in [0.5, 0.6) is 5.88 Å². The third-order valence-electron chi connectivity index (χ3n) is 6.48. The topological polar surface area (TPSA) is 84.7 Å². The second kappa shape index (κ2) is 10.8. The summed E-state index contributed by atoms with van der Waals surface area (Å²) in [5.41, 5.74) is 1.78. The SMILES string of the molecule is CCN1C(=O)N[C@@H](CCC(F)(F)F)C/C=C/CCOc2nc(cn3ccnc23)-c2ccnc(c2)C1(C)C. The van der Waals surface area contributed by atoms with E-state index in [1.165, 1.54) is 0 Å². The predicted octanol–water partition coefficient (Wildman–Crippen LogP) is 5.50. The van der Waals surface area contributed by atoms with Gasteiger partial charge >= 0.3 is 12.2 Å². The number of aromatic nitrogens is 4. The second-order valence-electron chi connectivity index (χ2n) is 9.47. The summed E-state index contributed by atoms with van der Waals surface area (Å²) < 4.78 is 46.7.